The van der Waals surface area contributed by atoms with Crippen LogP contribution in [0.25, 0.3) is 10.9 Å². The molecule has 0 radical (unpaired) electrons. The first-order chi connectivity index (χ1) is 12.7. The van der Waals surface area contributed by atoms with Crippen molar-refractivity contribution >= 4 is 35.0 Å². The van der Waals surface area contributed by atoms with Gasteiger partial charge in [0.25, 0.3) is 5.91 Å². The molecule has 1 N–H and O–H groups in total. The number of aromatic nitrogens is 3. The quantitative estimate of drug-likeness (QED) is 0.739. The second-order valence-corrected chi connectivity index (χ2v) is 5.69. The molecule has 27 heavy (non-hydrogen) atoms. The zero-order valence-electron chi connectivity index (χ0n) is 14.8. The SMILES string of the molecule is COc1ccc2c3n(c(=NC(=O)c4cccnc4)nc2c1OC)CCN3.Cl. The summed E-state index contributed by atoms with van der Waals surface area (Å²) in [6, 6.07) is 7.12. The van der Waals surface area contributed by atoms with Crippen molar-refractivity contribution < 1.29 is 14.3 Å². The van der Waals surface area contributed by atoms with E-state index in [0.29, 0.717) is 34.7 Å². The van der Waals surface area contributed by atoms with Gasteiger partial charge in [-0.25, -0.2) is 4.98 Å². The fourth-order valence-corrected chi connectivity index (χ4v) is 3.04. The fraction of sp³-hybridized carbons (Fsp3) is 0.222. The second kappa shape index (κ2) is 7.63. The molecule has 1 amide bonds. The van der Waals surface area contributed by atoms with Gasteiger partial charge in [-0.15, -0.1) is 12.4 Å². The van der Waals surface area contributed by atoms with E-state index < -0.39 is 5.91 Å². The topological polar surface area (TPSA) is 90.6 Å². The molecule has 4 rings (SSSR count). The maximum absolute atomic E-state index is 12.5. The normalized spacial score (nSPS) is 12.9. The Morgan fingerprint density at radius 2 is 2.11 bits per heavy atom. The van der Waals surface area contributed by atoms with Gasteiger partial charge in [0.15, 0.2) is 11.5 Å². The van der Waals surface area contributed by atoms with Crippen LogP contribution in [0.15, 0.2) is 41.7 Å². The van der Waals surface area contributed by atoms with Crippen LogP contribution in [0.2, 0.25) is 0 Å². The molecule has 140 valence electrons. The Labute approximate surface area is 161 Å². The van der Waals surface area contributed by atoms with Crippen molar-refractivity contribution in [2.75, 3.05) is 26.1 Å². The highest BCUT2D eigenvalue weighted by atomic mass is 35.5. The standard InChI is InChI=1S/C18H17N5O3.ClH/c1-25-13-6-5-12-14(15(13)26-2)21-18(23-9-8-20-16(12)23)22-17(24)11-4-3-7-19-10-11;/h3-7,10,20H,8-9H2,1-2H3;1H. The summed E-state index contributed by atoms with van der Waals surface area (Å²) in [5.74, 6) is 1.54. The number of anilines is 1. The van der Waals surface area contributed by atoms with Crippen molar-refractivity contribution in [2.24, 2.45) is 4.99 Å². The number of pyridine rings is 1. The van der Waals surface area contributed by atoms with Gasteiger partial charge in [-0.3, -0.25) is 14.3 Å². The number of methoxy groups -OCH3 is 2. The van der Waals surface area contributed by atoms with Crippen molar-refractivity contribution in [3.05, 3.63) is 47.8 Å². The van der Waals surface area contributed by atoms with E-state index >= 15 is 0 Å². The molecule has 0 aliphatic carbocycles. The van der Waals surface area contributed by atoms with Crippen molar-refractivity contribution in [1.29, 1.82) is 0 Å². The molecule has 8 nitrogen and oxygen atoms in total. The molecule has 1 aliphatic rings. The third-order valence-corrected chi connectivity index (χ3v) is 4.24. The summed E-state index contributed by atoms with van der Waals surface area (Å²) in [6.07, 6.45) is 3.10. The van der Waals surface area contributed by atoms with E-state index in [2.05, 4.69) is 20.3 Å². The Bertz CT molecular complexity index is 1070. The molecule has 3 heterocycles. The van der Waals surface area contributed by atoms with Gasteiger partial charge in [0.2, 0.25) is 5.62 Å². The lowest BCUT2D eigenvalue weighted by Gasteiger charge is -2.13. The van der Waals surface area contributed by atoms with Gasteiger partial charge in [-0.2, -0.15) is 4.99 Å². The van der Waals surface area contributed by atoms with Gasteiger partial charge < -0.3 is 14.8 Å². The van der Waals surface area contributed by atoms with Crippen LogP contribution in [0.1, 0.15) is 10.4 Å². The fourth-order valence-electron chi connectivity index (χ4n) is 3.04. The molecular weight excluding hydrogens is 370 g/mol. The zero-order valence-corrected chi connectivity index (χ0v) is 15.6. The van der Waals surface area contributed by atoms with Crippen LogP contribution in [0.4, 0.5) is 5.82 Å². The molecule has 0 saturated heterocycles. The Balaban J connectivity index is 0.00000210. The van der Waals surface area contributed by atoms with Gasteiger partial charge in [0.1, 0.15) is 11.3 Å². The van der Waals surface area contributed by atoms with Crippen LogP contribution >= 0.6 is 12.4 Å². The summed E-state index contributed by atoms with van der Waals surface area (Å²) in [5, 5.41) is 4.21. The van der Waals surface area contributed by atoms with Gasteiger partial charge in [0.05, 0.1) is 19.8 Å². The van der Waals surface area contributed by atoms with Crippen LogP contribution in [-0.4, -0.2) is 41.2 Å². The molecule has 0 spiro atoms. The first-order valence-corrected chi connectivity index (χ1v) is 8.11. The minimum atomic E-state index is -0.395. The van der Waals surface area contributed by atoms with E-state index in [1.54, 1.807) is 32.5 Å². The number of nitrogens with zero attached hydrogens (tertiary/aromatic N) is 4. The number of amides is 1. The van der Waals surface area contributed by atoms with E-state index in [-0.39, 0.29) is 12.4 Å². The van der Waals surface area contributed by atoms with Crippen molar-refractivity contribution in [1.82, 2.24) is 14.5 Å². The number of fused-ring (bicyclic) bond motifs is 3. The molecule has 1 aliphatic heterocycles. The van der Waals surface area contributed by atoms with Crippen molar-refractivity contribution in [2.45, 2.75) is 6.54 Å². The second-order valence-electron chi connectivity index (χ2n) is 5.69. The smallest absolute Gasteiger partial charge is 0.281 e. The molecule has 0 fully saturated rings. The molecule has 0 unspecified atom stereocenters. The number of carbonyl (C=O) groups excluding carboxylic acids is 1. The Morgan fingerprint density at radius 3 is 2.81 bits per heavy atom. The largest absolute Gasteiger partial charge is 0.493 e. The zero-order chi connectivity index (χ0) is 18.1. The number of hydrogen-bond donors (Lipinski definition) is 1. The maximum atomic E-state index is 12.5. The number of benzene rings is 1. The average molecular weight is 388 g/mol. The van der Waals surface area contributed by atoms with Gasteiger partial charge >= 0.3 is 0 Å². The number of rotatable bonds is 3. The van der Waals surface area contributed by atoms with Crippen LogP contribution in [0, 0.1) is 0 Å². The molecule has 1 aromatic carbocycles. The monoisotopic (exact) mass is 387 g/mol. The van der Waals surface area contributed by atoms with E-state index in [1.165, 1.54) is 6.20 Å². The summed E-state index contributed by atoms with van der Waals surface area (Å²) >= 11 is 0. The summed E-state index contributed by atoms with van der Waals surface area (Å²) in [5.41, 5.74) is 1.32. The van der Waals surface area contributed by atoms with E-state index in [1.807, 2.05) is 16.7 Å². The van der Waals surface area contributed by atoms with Crippen LogP contribution in [-0.2, 0) is 6.54 Å². The van der Waals surface area contributed by atoms with Crippen LogP contribution in [0.3, 0.4) is 0 Å². The Morgan fingerprint density at radius 1 is 1.26 bits per heavy atom. The lowest BCUT2D eigenvalue weighted by molar-refractivity contribution is 0.0996. The number of hydrogen-bond acceptors (Lipinski definition) is 6. The van der Waals surface area contributed by atoms with E-state index in [4.69, 9.17) is 9.47 Å². The average Bonchev–Trinajstić information content (AvgIpc) is 3.18. The highest BCUT2D eigenvalue weighted by Gasteiger charge is 2.20. The van der Waals surface area contributed by atoms with Crippen LogP contribution in [0.5, 0.6) is 11.5 Å². The van der Waals surface area contributed by atoms with E-state index in [0.717, 1.165) is 17.7 Å². The molecule has 0 saturated carbocycles. The first-order valence-electron chi connectivity index (χ1n) is 8.11. The summed E-state index contributed by atoms with van der Waals surface area (Å²) < 4.78 is 12.7. The number of ether oxygens (including phenoxy) is 2. The minimum absolute atomic E-state index is 0. The number of halogens is 1. The predicted octanol–water partition coefficient (Wildman–Crippen LogP) is 2.04. The predicted molar refractivity (Wildman–Crippen MR) is 103 cm³/mol. The summed E-state index contributed by atoms with van der Waals surface area (Å²) in [7, 11) is 3.13. The molecule has 2 aromatic heterocycles. The third kappa shape index (κ3) is 3.19. The summed E-state index contributed by atoms with van der Waals surface area (Å²) in [6.45, 7) is 1.41. The number of carbonyl (C=O) groups is 1. The first kappa shape index (κ1) is 18.7. The van der Waals surface area contributed by atoms with E-state index in [9.17, 15) is 4.79 Å². The Kier molecular flexibility index (Phi) is 5.27. The maximum Gasteiger partial charge on any atom is 0.281 e. The molecule has 0 bridgehead atoms. The highest BCUT2D eigenvalue weighted by molar-refractivity contribution is 5.96. The van der Waals surface area contributed by atoms with Crippen LogP contribution < -0.4 is 20.4 Å². The van der Waals surface area contributed by atoms with Gasteiger partial charge in [-0.1, -0.05) is 0 Å². The van der Waals surface area contributed by atoms with Crippen molar-refractivity contribution in [3.63, 3.8) is 0 Å². The highest BCUT2D eigenvalue weighted by Crippen LogP contribution is 2.36. The Hall–Kier alpha value is -3.13. The molecule has 3 aromatic rings. The van der Waals surface area contributed by atoms with Gasteiger partial charge in [0, 0.05) is 30.9 Å². The number of nitrogens with one attached hydrogen (secondary N) is 1. The van der Waals surface area contributed by atoms with Crippen molar-refractivity contribution in [3.8, 4) is 11.5 Å². The molecular formula is C18H18ClN5O3. The lowest BCUT2D eigenvalue weighted by atomic mass is 10.2. The van der Waals surface area contributed by atoms with Gasteiger partial charge in [-0.05, 0) is 24.3 Å². The lowest BCUT2D eigenvalue weighted by Crippen LogP contribution is -2.25. The molecule has 9 heteroatoms. The molecule has 0 atom stereocenters. The summed E-state index contributed by atoms with van der Waals surface area (Å²) in [4.78, 5) is 25.3. The minimum Gasteiger partial charge on any atom is -0.493 e. The third-order valence-electron chi connectivity index (χ3n) is 4.24.